The van der Waals surface area contributed by atoms with E-state index in [2.05, 4.69) is 22.7 Å². The molecule has 0 aromatic carbocycles. The minimum Gasteiger partial charge on any atom is -0.141 e. The van der Waals surface area contributed by atoms with E-state index in [0.29, 0.717) is 0 Å². The molecule has 0 spiro atoms. The molecule has 9 heavy (non-hydrogen) atoms. The molecule has 0 aliphatic carbocycles. The molecule has 0 radical (unpaired) electrons. The Morgan fingerprint density at radius 2 is 2.33 bits per heavy atom. The van der Waals surface area contributed by atoms with E-state index in [9.17, 15) is 0 Å². The van der Waals surface area contributed by atoms with E-state index in [1.165, 1.54) is 18.7 Å². The van der Waals surface area contributed by atoms with Crippen molar-refractivity contribution in [2.75, 3.05) is 6.26 Å². The van der Waals surface area contributed by atoms with Crippen molar-refractivity contribution in [3.8, 4) is 0 Å². The SMILES string of the molecule is CSc1pn(C)[nH+]c1C. The van der Waals surface area contributed by atoms with Crippen LogP contribution in [0.1, 0.15) is 5.69 Å². The summed E-state index contributed by atoms with van der Waals surface area (Å²) in [6, 6.07) is 0. The lowest BCUT2D eigenvalue weighted by molar-refractivity contribution is -0.486. The van der Waals surface area contributed by atoms with E-state index < -0.39 is 0 Å². The lowest BCUT2D eigenvalue weighted by Crippen LogP contribution is -2.13. The van der Waals surface area contributed by atoms with Crippen molar-refractivity contribution in [1.29, 1.82) is 0 Å². The van der Waals surface area contributed by atoms with Crippen molar-refractivity contribution in [3.05, 3.63) is 5.69 Å². The Hall–Kier alpha value is -0.0100. The highest BCUT2D eigenvalue weighted by molar-refractivity contribution is 8.01. The van der Waals surface area contributed by atoms with Crippen LogP contribution in [0.4, 0.5) is 0 Å². The topological polar surface area (TPSA) is 19.1 Å². The Labute approximate surface area is 60.8 Å². The van der Waals surface area contributed by atoms with Gasteiger partial charge in [0.25, 0.3) is 0 Å². The summed E-state index contributed by atoms with van der Waals surface area (Å²) in [5.41, 5.74) is 1.28. The van der Waals surface area contributed by atoms with Gasteiger partial charge in [-0.15, -0.1) is 21.3 Å². The Morgan fingerprint density at radius 3 is 2.56 bits per heavy atom. The summed E-state index contributed by atoms with van der Waals surface area (Å²) < 4.78 is 3.47. The molecule has 0 aliphatic rings. The van der Waals surface area contributed by atoms with Crippen LogP contribution in [-0.2, 0) is 7.05 Å². The maximum Gasteiger partial charge on any atom is 0.220 e. The van der Waals surface area contributed by atoms with Crippen LogP contribution >= 0.6 is 20.1 Å². The van der Waals surface area contributed by atoms with Crippen LogP contribution in [0, 0.1) is 6.92 Å². The monoisotopic (exact) mass is 161 g/mol. The number of H-pyrrole nitrogens is 1. The van der Waals surface area contributed by atoms with Crippen molar-refractivity contribution in [2.24, 2.45) is 7.05 Å². The van der Waals surface area contributed by atoms with Crippen LogP contribution in [-0.4, -0.2) is 10.7 Å². The Kier molecular flexibility index (Phi) is 2.14. The number of aryl methyl sites for hydroxylation is 2. The van der Waals surface area contributed by atoms with Crippen LogP contribution in [0.15, 0.2) is 4.63 Å². The summed E-state index contributed by atoms with van der Waals surface area (Å²) in [5.74, 6) is 0. The quantitative estimate of drug-likeness (QED) is 0.570. The average molecular weight is 161 g/mol. The van der Waals surface area contributed by atoms with E-state index in [1.807, 2.05) is 18.8 Å². The molecular formula is C5H10N2PS+. The first-order valence-corrected chi connectivity index (χ1v) is 4.78. The molecule has 50 valence electrons. The van der Waals surface area contributed by atoms with Gasteiger partial charge in [-0.05, 0) is 6.26 Å². The second-order valence-corrected chi connectivity index (χ2v) is 4.24. The van der Waals surface area contributed by atoms with Gasteiger partial charge >= 0.3 is 0 Å². The highest BCUT2D eigenvalue weighted by Gasteiger charge is 2.06. The van der Waals surface area contributed by atoms with Crippen molar-refractivity contribution in [2.45, 2.75) is 11.6 Å². The summed E-state index contributed by atoms with van der Waals surface area (Å²) in [6.07, 6.45) is 2.10. The fraction of sp³-hybridized carbons (Fsp3) is 0.600. The summed E-state index contributed by atoms with van der Waals surface area (Å²) in [5, 5.41) is 3.20. The number of nitrogens with one attached hydrogen (secondary N) is 1. The van der Waals surface area contributed by atoms with E-state index >= 15 is 0 Å². The van der Waals surface area contributed by atoms with E-state index in [1.54, 1.807) is 0 Å². The number of thioether (sulfide) groups is 1. The minimum absolute atomic E-state index is 1.28. The number of nitrogens with zero attached hydrogens (tertiary/aromatic N) is 1. The van der Waals surface area contributed by atoms with Gasteiger partial charge in [-0.1, -0.05) is 0 Å². The van der Waals surface area contributed by atoms with Gasteiger partial charge in [-0.25, -0.2) is 0 Å². The van der Waals surface area contributed by atoms with Gasteiger partial charge in [-0.2, -0.15) is 0 Å². The Morgan fingerprint density at radius 1 is 1.67 bits per heavy atom. The third kappa shape index (κ3) is 1.46. The zero-order chi connectivity index (χ0) is 6.85. The lowest BCUT2D eigenvalue weighted by Gasteiger charge is -1.78. The molecule has 2 nitrogen and oxygen atoms in total. The number of aromatic nitrogens is 2. The van der Waals surface area contributed by atoms with Crippen LogP contribution in [0.5, 0.6) is 0 Å². The van der Waals surface area contributed by atoms with Gasteiger partial charge in [0.1, 0.15) is 4.63 Å². The molecule has 0 bridgehead atoms. The van der Waals surface area contributed by atoms with Crippen molar-refractivity contribution in [1.82, 2.24) is 4.44 Å². The molecule has 1 N–H and O–H groups in total. The van der Waals surface area contributed by atoms with Gasteiger partial charge in [-0.3, -0.25) is 0 Å². The second kappa shape index (κ2) is 2.72. The Balaban J connectivity index is 3.01. The first-order chi connectivity index (χ1) is 4.24. The minimum atomic E-state index is 1.28. The molecular weight excluding hydrogens is 151 g/mol. The third-order valence-corrected chi connectivity index (χ3v) is 3.49. The van der Waals surface area contributed by atoms with Crippen LogP contribution in [0.2, 0.25) is 0 Å². The van der Waals surface area contributed by atoms with Crippen LogP contribution in [0.3, 0.4) is 0 Å². The number of aromatic amines is 1. The van der Waals surface area contributed by atoms with Crippen LogP contribution in [0.25, 0.3) is 0 Å². The molecule has 0 saturated carbocycles. The molecule has 1 rings (SSSR count). The summed E-state index contributed by atoms with van der Waals surface area (Å²) >= 11 is 1.81. The van der Waals surface area contributed by atoms with E-state index in [-0.39, 0.29) is 0 Å². The molecule has 1 aromatic rings. The number of hydrogen-bond acceptors (Lipinski definition) is 1. The maximum absolute atomic E-state index is 3.20. The molecule has 0 unspecified atom stereocenters. The molecule has 0 atom stereocenters. The van der Waals surface area contributed by atoms with Crippen molar-refractivity contribution < 1.29 is 5.10 Å². The van der Waals surface area contributed by atoms with Gasteiger partial charge in [0.15, 0.2) is 0 Å². The molecule has 1 aromatic heterocycles. The molecule has 0 saturated heterocycles. The standard InChI is InChI=1S/C5H9N2PS/c1-4-5(9-3)8-7(2)6-4/h1-3H3/p+1. The fourth-order valence-electron chi connectivity index (χ4n) is 0.721. The summed E-state index contributed by atoms with van der Waals surface area (Å²) in [4.78, 5) is 0. The van der Waals surface area contributed by atoms with E-state index in [4.69, 9.17) is 0 Å². The maximum atomic E-state index is 3.20. The van der Waals surface area contributed by atoms with Gasteiger partial charge in [0, 0.05) is 6.92 Å². The van der Waals surface area contributed by atoms with Crippen molar-refractivity contribution >= 4 is 20.1 Å². The third-order valence-electron chi connectivity index (χ3n) is 1.08. The molecule has 4 heteroatoms. The zero-order valence-electron chi connectivity index (χ0n) is 5.80. The molecule has 0 fully saturated rings. The second-order valence-electron chi connectivity index (χ2n) is 1.87. The lowest BCUT2D eigenvalue weighted by atomic mass is 10.6. The molecule has 0 amide bonds. The largest absolute Gasteiger partial charge is 0.220 e. The van der Waals surface area contributed by atoms with Gasteiger partial charge < -0.3 is 0 Å². The van der Waals surface area contributed by atoms with Crippen LogP contribution < -0.4 is 5.10 Å². The fourth-order valence-corrected chi connectivity index (χ4v) is 2.44. The zero-order valence-corrected chi connectivity index (χ0v) is 7.51. The average Bonchev–Trinajstić information content (AvgIpc) is 2.10. The predicted octanol–water partition coefficient (Wildman–Crippen LogP) is 1.45. The number of rotatable bonds is 1. The predicted molar refractivity (Wildman–Crippen MR) is 41.0 cm³/mol. The van der Waals surface area contributed by atoms with Crippen molar-refractivity contribution in [3.63, 3.8) is 0 Å². The Bertz CT molecular complexity index is 209. The molecule has 1 heterocycles. The van der Waals surface area contributed by atoms with E-state index in [0.717, 1.165) is 0 Å². The smallest absolute Gasteiger partial charge is 0.141 e. The normalized spacial score (nSPS) is 11.0. The summed E-state index contributed by atoms with van der Waals surface area (Å²) in [7, 11) is 3.31. The molecule has 0 aliphatic heterocycles. The van der Waals surface area contributed by atoms with Gasteiger partial charge in [0.05, 0.1) is 15.4 Å². The summed E-state index contributed by atoms with van der Waals surface area (Å²) in [6.45, 7) is 2.10. The van der Waals surface area contributed by atoms with Gasteiger partial charge in [0.2, 0.25) is 5.69 Å². The highest BCUT2D eigenvalue weighted by Crippen LogP contribution is 2.24. The first-order valence-electron chi connectivity index (χ1n) is 2.71. The number of hydrogen-bond donors (Lipinski definition) is 0. The first kappa shape index (κ1) is 7.10. The highest BCUT2D eigenvalue weighted by atomic mass is 32.2.